The van der Waals surface area contributed by atoms with Gasteiger partial charge in [0, 0.05) is 19.4 Å². The van der Waals surface area contributed by atoms with Gasteiger partial charge in [0.15, 0.2) is 7.28 Å². The van der Waals surface area contributed by atoms with Crippen LogP contribution in [-0.2, 0) is 13.5 Å². The number of benzene rings is 2. The van der Waals surface area contributed by atoms with Crippen molar-refractivity contribution in [3.8, 4) is 0 Å². The summed E-state index contributed by atoms with van der Waals surface area (Å²) in [5, 5.41) is 0. The predicted molar refractivity (Wildman–Crippen MR) is 111 cm³/mol. The number of aryl methyl sites for hydroxylation is 3. The third-order valence-corrected chi connectivity index (χ3v) is 4.06. The molecule has 3 aromatic rings. The Kier molecular flexibility index (Phi) is 7.78. The highest BCUT2D eigenvalue weighted by molar-refractivity contribution is 6.59. The molecule has 0 saturated carbocycles. The van der Waals surface area contributed by atoms with Crippen LogP contribution in [0.3, 0.4) is 0 Å². The molecule has 3 rings (SSSR count). The highest BCUT2D eigenvalue weighted by Crippen LogP contribution is 2.08. The molecule has 0 aliphatic carbocycles. The molecular weight excluding hydrogens is 303 g/mol. The minimum absolute atomic E-state index is 0.999. The van der Waals surface area contributed by atoms with Gasteiger partial charge in [0.05, 0.1) is 0 Å². The van der Waals surface area contributed by atoms with Crippen molar-refractivity contribution >= 4 is 18.8 Å². The lowest BCUT2D eigenvalue weighted by molar-refractivity contribution is 0.858. The SMILES string of the molecule is CCCc1cccc(C=CBc2ccccc2)c1.Cc1nccn1C. The molecule has 25 heavy (non-hydrogen) atoms. The third kappa shape index (κ3) is 6.84. The van der Waals surface area contributed by atoms with E-state index in [1.165, 1.54) is 29.4 Å². The van der Waals surface area contributed by atoms with Crippen LogP contribution in [0.1, 0.15) is 30.3 Å². The molecular formula is C22H27BN2. The Labute approximate surface area is 152 Å². The summed E-state index contributed by atoms with van der Waals surface area (Å²) in [6.45, 7) is 4.19. The van der Waals surface area contributed by atoms with Gasteiger partial charge in [-0.05, 0) is 24.5 Å². The van der Waals surface area contributed by atoms with E-state index in [1.807, 2.05) is 24.7 Å². The van der Waals surface area contributed by atoms with Gasteiger partial charge in [-0.25, -0.2) is 4.98 Å². The first kappa shape index (κ1) is 18.8. The summed E-state index contributed by atoms with van der Waals surface area (Å²) in [6.07, 6.45) is 8.30. The van der Waals surface area contributed by atoms with Crippen molar-refractivity contribution in [2.24, 2.45) is 7.05 Å². The van der Waals surface area contributed by atoms with Crippen molar-refractivity contribution < 1.29 is 0 Å². The van der Waals surface area contributed by atoms with Crippen LogP contribution < -0.4 is 5.46 Å². The lowest BCUT2D eigenvalue weighted by Gasteiger charge is -2.00. The van der Waals surface area contributed by atoms with Crippen molar-refractivity contribution in [3.05, 3.63) is 89.9 Å². The first-order chi connectivity index (χ1) is 12.2. The van der Waals surface area contributed by atoms with E-state index < -0.39 is 0 Å². The van der Waals surface area contributed by atoms with E-state index in [0.717, 1.165) is 13.1 Å². The number of rotatable bonds is 5. The van der Waals surface area contributed by atoms with E-state index in [2.05, 4.69) is 78.6 Å². The highest BCUT2D eigenvalue weighted by atomic mass is 15.0. The maximum atomic E-state index is 3.98. The van der Waals surface area contributed by atoms with Crippen molar-refractivity contribution in [1.29, 1.82) is 0 Å². The molecule has 0 saturated heterocycles. The maximum Gasteiger partial charge on any atom is 0.183 e. The van der Waals surface area contributed by atoms with Gasteiger partial charge in [-0.15, -0.1) is 5.98 Å². The Morgan fingerprint density at radius 2 is 1.88 bits per heavy atom. The van der Waals surface area contributed by atoms with Crippen LogP contribution in [0, 0.1) is 6.92 Å². The van der Waals surface area contributed by atoms with E-state index >= 15 is 0 Å². The molecule has 0 bridgehead atoms. The molecule has 0 amide bonds. The summed E-state index contributed by atoms with van der Waals surface area (Å²) < 4.78 is 1.97. The number of hydrogen-bond acceptors (Lipinski definition) is 1. The van der Waals surface area contributed by atoms with E-state index in [9.17, 15) is 0 Å². The molecule has 0 fully saturated rings. The molecule has 0 radical (unpaired) electrons. The second-order valence-corrected chi connectivity index (χ2v) is 6.17. The molecule has 0 unspecified atom stereocenters. The van der Waals surface area contributed by atoms with E-state index in [1.54, 1.807) is 6.20 Å². The standard InChI is InChI=1S/C17H19B.C5H8N2/c1-2-7-15-8-6-9-16(14-15)12-13-18-17-10-4-3-5-11-17;1-5-6-3-4-7(5)2/h3-6,8-14,18H,2,7H2,1H3;3-4H,1-2H3. The fourth-order valence-electron chi connectivity index (χ4n) is 2.53. The predicted octanol–water partition coefficient (Wildman–Crippen LogP) is 4.10. The molecule has 3 heteroatoms. The largest absolute Gasteiger partial charge is 0.338 e. The first-order valence-electron chi connectivity index (χ1n) is 8.92. The topological polar surface area (TPSA) is 17.8 Å². The average Bonchev–Trinajstić information content (AvgIpc) is 3.00. The molecule has 0 spiro atoms. The minimum Gasteiger partial charge on any atom is -0.338 e. The fraction of sp³-hybridized carbons (Fsp3) is 0.227. The molecule has 0 N–H and O–H groups in total. The molecule has 128 valence electrons. The van der Waals surface area contributed by atoms with Crippen molar-refractivity contribution in [2.45, 2.75) is 26.7 Å². The van der Waals surface area contributed by atoms with Gasteiger partial charge < -0.3 is 4.57 Å². The van der Waals surface area contributed by atoms with Crippen molar-refractivity contribution in [1.82, 2.24) is 9.55 Å². The number of aromatic nitrogens is 2. The summed E-state index contributed by atoms with van der Waals surface area (Å²) in [6, 6.07) is 19.4. The van der Waals surface area contributed by atoms with Gasteiger partial charge >= 0.3 is 0 Å². The van der Waals surface area contributed by atoms with E-state index in [4.69, 9.17) is 0 Å². The zero-order valence-corrected chi connectivity index (χ0v) is 15.5. The van der Waals surface area contributed by atoms with Crippen molar-refractivity contribution in [3.63, 3.8) is 0 Å². The van der Waals surface area contributed by atoms with Crippen LogP contribution in [-0.4, -0.2) is 16.8 Å². The van der Waals surface area contributed by atoms with E-state index in [-0.39, 0.29) is 0 Å². The third-order valence-electron chi connectivity index (χ3n) is 4.06. The summed E-state index contributed by atoms with van der Waals surface area (Å²) in [5.74, 6) is 3.29. The normalized spacial score (nSPS) is 10.4. The van der Waals surface area contributed by atoms with Crippen molar-refractivity contribution in [2.75, 3.05) is 0 Å². The number of hydrogen-bond donors (Lipinski definition) is 0. The zero-order valence-electron chi connectivity index (χ0n) is 15.5. The zero-order chi connectivity index (χ0) is 17.9. The maximum absolute atomic E-state index is 3.98. The van der Waals surface area contributed by atoms with Gasteiger partial charge in [0.25, 0.3) is 0 Å². The molecule has 0 aliphatic heterocycles. The summed E-state index contributed by atoms with van der Waals surface area (Å²) in [7, 11) is 2.97. The summed E-state index contributed by atoms with van der Waals surface area (Å²) in [5.41, 5.74) is 4.09. The Balaban J connectivity index is 0.000000269. The van der Waals surface area contributed by atoms with Crippen LogP contribution in [0.15, 0.2) is 73.0 Å². The highest BCUT2D eigenvalue weighted by Gasteiger charge is 1.93. The monoisotopic (exact) mass is 330 g/mol. The average molecular weight is 330 g/mol. The first-order valence-corrected chi connectivity index (χ1v) is 8.92. The lowest BCUT2D eigenvalue weighted by Crippen LogP contribution is -2.09. The Hall–Kier alpha value is -2.55. The fourth-order valence-corrected chi connectivity index (χ4v) is 2.53. The molecule has 2 nitrogen and oxygen atoms in total. The second-order valence-electron chi connectivity index (χ2n) is 6.17. The van der Waals surface area contributed by atoms with Crippen LogP contribution in [0.4, 0.5) is 0 Å². The minimum atomic E-state index is 0.999. The molecule has 0 atom stereocenters. The van der Waals surface area contributed by atoms with Crippen LogP contribution in [0.2, 0.25) is 0 Å². The summed E-state index contributed by atoms with van der Waals surface area (Å²) >= 11 is 0. The van der Waals surface area contributed by atoms with Gasteiger partial charge in [-0.2, -0.15) is 0 Å². The van der Waals surface area contributed by atoms with Crippen LogP contribution in [0.5, 0.6) is 0 Å². The molecule has 2 aromatic carbocycles. The number of imidazole rings is 1. The Morgan fingerprint density at radius 1 is 1.08 bits per heavy atom. The van der Waals surface area contributed by atoms with Gasteiger partial charge in [-0.3, -0.25) is 0 Å². The lowest BCUT2D eigenvalue weighted by atomic mass is 9.70. The second kappa shape index (κ2) is 10.3. The van der Waals surface area contributed by atoms with Gasteiger partial charge in [0.1, 0.15) is 5.82 Å². The molecule has 0 aliphatic rings. The summed E-state index contributed by atoms with van der Waals surface area (Å²) in [4.78, 5) is 3.98. The van der Waals surface area contributed by atoms with Crippen LogP contribution >= 0.6 is 0 Å². The smallest absolute Gasteiger partial charge is 0.183 e. The molecule has 1 heterocycles. The van der Waals surface area contributed by atoms with E-state index in [0.29, 0.717) is 0 Å². The van der Waals surface area contributed by atoms with Crippen LogP contribution in [0.25, 0.3) is 6.08 Å². The van der Waals surface area contributed by atoms with Gasteiger partial charge in [0.2, 0.25) is 0 Å². The Morgan fingerprint density at radius 3 is 2.48 bits per heavy atom. The molecule has 1 aromatic heterocycles. The quantitative estimate of drug-likeness (QED) is 0.644. The van der Waals surface area contributed by atoms with Gasteiger partial charge in [-0.1, -0.05) is 79.5 Å². The Bertz CT molecular complexity index is 759. The number of nitrogens with zero attached hydrogens (tertiary/aromatic N) is 2.